The summed E-state index contributed by atoms with van der Waals surface area (Å²) < 4.78 is 66.2. The number of nitrogens with one attached hydrogen (secondary N) is 1. The Labute approximate surface area is 212 Å². The number of halogens is 3. The number of alkyl halides is 3. The van der Waals surface area contributed by atoms with E-state index >= 15 is 0 Å². The second-order valence-corrected chi connectivity index (χ2v) is 10.8. The summed E-state index contributed by atoms with van der Waals surface area (Å²) >= 11 is 0. The Balaban J connectivity index is 1.86. The van der Waals surface area contributed by atoms with Gasteiger partial charge in [0, 0.05) is 26.2 Å². The zero-order valence-electron chi connectivity index (χ0n) is 20.2. The van der Waals surface area contributed by atoms with Crippen LogP contribution in [0.5, 0.6) is 0 Å². The molecular weight excluding hydrogens is 513 g/mol. The smallest absolute Gasteiger partial charge is 0.361 e. The molecule has 9 nitrogen and oxygen atoms in total. The number of amides is 3. The van der Waals surface area contributed by atoms with Gasteiger partial charge in [0.05, 0.1) is 10.5 Å². The standard InChI is InChI=1S/C24H27F3N4O5S/c1-15(2)17-5-3-16(4-6-17)13-29-22(33)20-14-30(23(34)21(28)32)11-12-31(20)37(35,36)19-9-7-18(8-10-19)24(25,26)27/h3-10,15,20H,11-14H2,1-2H3,(H2,28,32)(H,29,33)/t20-/m1/s1. The lowest BCUT2D eigenvalue weighted by Crippen LogP contribution is -2.62. The summed E-state index contributed by atoms with van der Waals surface area (Å²) in [6, 6.07) is 8.88. The van der Waals surface area contributed by atoms with E-state index in [1.165, 1.54) is 0 Å². The normalized spacial score (nSPS) is 17.0. The topological polar surface area (TPSA) is 130 Å². The molecule has 3 amide bonds. The number of nitrogens with two attached hydrogens (primary N) is 1. The molecule has 3 rings (SSSR count). The molecule has 13 heteroatoms. The molecule has 1 fully saturated rings. The third-order valence-corrected chi connectivity index (χ3v) is 7.96. The summed E-state index contributed by atoms with van der Waals surface area (Å²) in [6.07, 6.45) is -4.65. The van der Waals surface area contributed by atoms with Gasteiger partial charge in [-0.05, 0) is 41.3 Å². The maximum absolute atomic E-state index is 13.3. The Hall–Kier alpha value is -3.45. The molecule has 1 saturated heterocycles. The molecule has 1 aliphatic rings. The summed E-state index contributed by atoms with van der Waals surface area (Å²) in [5.74, 6) is -2.77. The van der Waals surface area contributed by atoms with Gasteiger partial charge in [-0.3, -0.25) is 14.4 Å². The van der Waals surface area contributed by atoms with Gasteiger partial charge in [-0.1, -0.05) is 38.1 Å². The Kier molecular flexibility index (Phi) is 8.28. The first-order chi connectivity index (χ1) is 17.2. The van der Waals surface area contributed by atoms with E-state index in [0.29, 0.717) is 18.1 Å². The predicted molar refractivity (Wildman–Crippen MR) is 127 cm³/mol. The minimum absolute atomic E-state index is 0.0612. The molecule has 37 heavy (non-hydrogen) atoms. The quantitative estimate of drug-likeness (QED) is 0.540. The number of piperazine rings is 1. The fourth-order valence-electron chi connectivity index (χ4n) is 3.89. The highest BCUT2D eigenvalue weighted by Crippen LogP contribution is 2.31. The molecule has 200 valence electrons. The van der Waals surface area contributed by atoms with Crippen molar-refractivity contribution in [2.45, 2.75) is 43.4 Å². The van der Waals surface area contributed by atoms with Crippen molar-refractivity contribution in [2.24, 2.45) is 5.73 Å². The molecule has 0 aliphatic carbocycles. The van der Waals surface area contributed by atoms with E-state index in [1.807, 2.05) is 38.1 Å². The van der Waals surface area contributed by atoms with E-state index in [0.717, 1.165) is 32.5 Å². The molecule has 0 unspecified atom stereocenters. The molecule has 1 atom stereocenters. The van der Waals surface area contributed by atoms with Gasteiger partial charge in [-0.15, -0.1) is 0 Å². The maximum atomic E-state index is 13.3. The summed E-state index contributed by atoms with van der Waals surface area (Å²) in [6.45, 7) is 3.06. The van der Waals surface area contributed by atoms with Gasteiger partial charge >= 0.3 is 18.0 Å². The number of carbonyl (C=O) groups is 3. The second-order valence-electron chi connectivity index (χ2n) is 8.88. The molecule has 0 aromatic heterocycles. The molecule has 1 aliphatic heterocycles. The van der Waals surface area contributed by atoms with Crippen LogP contribution in [0.2, 0.25) is 0 Å². The summed E-state index contributed by atoms with van der Waals surface area (Å²) in [4.78, 5) is 37.2. The number of hydrogen-bond donors (Lipinski definition) is 2. The van der Waals surface area contributed by atoms with Crippen molar-refractivity contribution < 1.29 is 36.0 Å². The fourth-order valence-corrected chi connectivity index (χ4v) is 5.46. The van der Waals surface area contributed by atoms with E-state index in [1.54, 1.807) is 0 Å². The van der Waals surface area contributed by atoms with Crippen LogP contribution in [0.25, 0.3) is 0 Å². The maximum Gasteiger partial charge on any atom is 0.416 e. The minimum Gasteiger partial charge on any atom is -0.361 e. The molecule has 1 heterocycles. The first-order valence-electron chi connectivity index (χ1n) is 11.4. The van der Waals surface area contributed by atoms with E-state index in [9.17, 15) is 36.0 Å². The number of nitrogens with zero attached hydrogens (tertiary/aromatic N) is 2. The van der Waals surface area contributed by atoms with E-state index in [2.05, 4.69) is 5.32 Å². The lowest BCUT2D eigenvalue weighted by Gasteiger charge is -2.39. The van der Waals surface area contributed by atoms with Crippen LogP contribution in [0.3, 0.4) is 0 Å². The summed E-state index contributed by atoms with van der Waals surface area (Å²) in [5.41, 5.74) is 5.88. The van der Waals surface area contributed by atoms with Crippen molar-refractivity contribution in [1.82, 2.24) is 14.5 Å². The largest absolute Gasteiger partial charge is 0.416 e. The lowest BCUT2D eigenvalue weighted by atomic mass is 10.0. The molecule has 0 radical (unpaired) electrons. The third-order valence-electron chi connectivity index (χ3n) is 6.03. The molecule has 0 saturated carbocycles. The zero-order chi connectivity index (χ0) is 27.5. The average molecular weight is 541 g/mol. The van der Waals surface area contributed by atoms with E-state index < -0.39 is 57.0 Å². The fraction of sp³-hybridized carbons (Fsp3) is 0.375. The van der Waals surface area contributed by atoms with Gasteiger partial charge in [-0.25, -0.2) is 8.42 Å². The van der Waals surface area contributed by atoms with Crippen LogP contribution in [0.4, 0.5) is 13.2 Å². The van der Waals surface area contributed by atoms with Crippen LogP contribution in [-0.4, -0.2) is 61.0 Å². The predicted octanol–water partition coefficient (Wildman–Crippen LogP) is 1.83. The molecule has 2 aromatic carbocycles. The molecule has 0 spiro atoms. The van der Waals surface area contributed by atoms with Gasteiger partial charge < -0.3 is 16.0 Å². The number of carbonyl (C=O) groups excluding carboxylic acids is 3. The molecular formula is C24H27F3N4O5S. The number of rotatable bonds is 6. The van der Waals surface area contributed by atoms with E-state index in [-0.39, 0.29) is 19.6 Å². The first kappa shape index (κ1) is 28.1. The van der Waals surface area contributed by atoms with Gasteiger partial charge in [0.25, 0.3) is 0 Å². The minimum atomic E-state index is -4.65. The van der Waals surface area contributed by atoms with Gasteiger partial charge in [0.2, 0.25) is 15.9 Å². The van der Waals surface area contributed by atoms with Gasteiger partial charge in [0.15, 0.2) is 0 Å². The van der Waals surface area contributed by atoms with Crippen molar-refractivity contribution in [3.05, 3.63) is 65.2 Å². The highest BCUT2D eigenvalue weighted by molar-refractivity contribution is 7.89. The highest BCUT2D eigenvalue weighted by atomic mass is 32.2. The Morgan fingerprint density at radius 2 is 1.62 bits per heavy atom. The molecule has 0 bridgehead atoms. The second kappa shape index (κ2) is 10.9. The van der Waals surface area contributed by atoms with Crippen LogP contribution in [-0.2, 0) is 37.1 Å². The summed E-state index contributed by atoms with van der Waals surface area (Å²) in [5, 5.41) is 2.64. The monoisotopic (exact) mass is 540 g/mol. The highest BCUT2D eigenvalue weighted by Gasteiger charge is 2.42. The number of hydrogen-bond acceptors (Lipinski definition) is 5. The Bertz CT molecular complexity index is 1260. The van der Waals surface area contributed by atoms with Crippen molar-refractivity contribution in [3.8, 4) is 0 Å². The third kappa shape index (κ3) is 6.46. The van der Waals surface area contributed by atoms with Crippen molar-refractivity contribution >= 4 is 27.7 Å². The van der Waals surface area contributed by atoms with Crippen molar-refractivity contribution in [2.75, 3.05) is 19.6 Å². The molecule has 2 aromatic rings. The number of sulfonamides is 1. The van der Waals surface area contributed by atoms with Crippen LogP contribution in [0.15, 0.2) is 53.4 Å². The van der Waals surface area contributed by atoms with Gasteiger partial charge in [-0.2, -0.15) is 17.5 Å². The van der Waals surface area contributed by atoms with Crippen molar-refractivity contribution in [1.29, 1.82) is 0 Å². The Morgan fingerprint density at radius 3 is 2.14 bits per heavy atom. The lowest BCUT2D eigenvalue weighted by molar-refractivity contribution is -0.146. The van der Waals surface area contributed by atoms with Crippen LogP contribution >= 0.6 is 0 Å². The zero-order valence-corrected chi connectivity index (χ0v) is 21.0. The Morgan fingerprint density at radius 1 is 1.03 bits per heavy atom. The SMILES string of the molecule is CC(C)c1ccc(CNC(=O)[C@H]2CN(C(=O)C(N)=O)CCN2S(=O)(=O)c2ccc(C(F)(F)F)cc2)cc1. The van der Waals surface area contributed by atoms with E-state index in [4.69, 9.17) is 5.73 Å². The van der Waals surface area contributed by atoms with Crippen LogP contribution < -0.4 is 11.1 Å². The van der Waals surface area contributed by atoms with Crippen LogP contribution in [0, 0.1) is 0 Å². The van der Waals surface area contributed by atoms with Crippen LogP contribution in [0.1, 0.15) is 36.5 Å². The summed E-state index contributed by atoms with van der Waals surface area (Å²) in [7, 11) is -4.43. The van der Waals surface area contributed by atoms with Gasteiger partial charge in [0.1, 0.15) is 6.04 Å². The average Bonchev–Trinajstić information content (AvgIpc) is 2.86. The number of primary amides is 1. The first-order valence-corrected chi connectivity index (χ1v) is 12.8. The number of benzene rings is 2. The molecule has 3 N–H and O–H groups in total. The van der Waals surface area contributed by atoms with Crippen molar-refractivity contribution in [3.63, 3.8) is 0 Å².